The quantitative estimate of drug-likeness (QED) is 0.173. The highest BCUT2D eigenvalue weighted by Gasteiger charge is 2.45. The van der Waals surface area contributed by atoms with Gasteiger partial charge in [-0.25, -0.2) is 9.97 Å². The van der Waals surface area contributed by atoms with Crippen molar-refractivity contribution >= 4 is 34.8 Å². The van der Waals surface area contributed by atoms with Crippen LogP contribution in [0.2, 0.25) is 10.0 Å². The van der Waals surface area contributed by atoms with Gasteiger partial charge in [-0.3, -0.25) is 14.0 Å². The van der Waals surface area contributed by atoms with Gasteiger partial charge in [-0.15, -0.1) is 0 Å². The SMILES string of the molecule is COc1nc(-c2cccc(-c3cccc(-c4ccn5c(=O)c(CNCC6CCC(=O)N6)cnc5c4)c3Cl)c2Cl)ccc1C1(CN)CC1. The minimum atomic E-state index is -0.151. The van der Waals surface area contributed by atoms with Crippen molar-refractivity contribution in [3.8, 4) is 39.4 Å². The van der Waals surface area contributed by atoms with Gasteiger partial charge in [-0.2, -0.15) is 0 Å². The molecule has 2 aromatic carbocycles. The number of hydrogen-bond acceptors (Lipinski definition) is 7. The van der Waals surface area contributed by atoms with Crippen molar-refractivity contribution in [2.24, 2.45) is 5.73 Å². The third kappa shape index (κ3) is 5.89. The Balaban J connectivity index is 1.17. The van der Waals surface area contributed by atoms with Gasteiger partial charge in [0.05, 0.1) is 22.8 Å². The lowest BCUT2D eigenvalue weighted by Gasteiger charge is -2.18. The van der Waals surface area contributed by atoms with Gasteiger partial charge in [-0.1, -0.05) is 65.7 Å². The standard InChI is InChI=1S/C36H34Cl2N6O3/c1-47-34-28(36(20-39)13-14-36)9-10-29(43-34)27-7-3-6-26(33(27)38)25-5-2-4-24(32(25)37)21-12-15-44-30(16-21)41-18-22(35(44)46)17-40-19-23-8-11-31(45)42-23/h2-7,9-10,12,15-16,18,23,40H,8,11,13-14,17,19-20,39H2,1H3,(H,42,45). The molecule has 1 saturated heterocycles. The van der Waals surface area contributed by atoms with E-state index in [1.165, 1.54) is 4.40 Å². The van der Waals surface area contributed by atoms with E-state index in [4.69, 9.17) is 38.7 Å². The highest BCUT2D eigenvalue weighted by atomic mass is 35.5. The number of carbonyl (C=O) groups is 1. The molecule has 3 aromatic heterocycles. The summed E-state index contributed by atoms with van der Waals surface area (Å²) < 4.78 is 7.21. The lowest BCUT2D eigenvalue weighted by Crippen LogP contribution is -2.36. The molecule has 1 aliphatic heterocycles. The second-order valence-corrected chi connectivity index (χ2v) is 13.0. The van der Waals surface area contributed by atoms with E-state index in [1.807, 2.05) is 60.7 Å². The van der Waals surface area contributed by atoms with Crippen molar-refractivity contribution in [3.63, 3.8) is 0 Å². The fourth-order valence-corrected chi connectivity index (χ4v) is 7.06. The second kappa shape index (κ2) is 12.7. The average molecular weight is 670 g/mol. The third-order valence-corrected chi connectivity index (χ3v) is 10.1. The van der Waals surface area contributed by atoms with Crippen molar-refractivity contribution in [2.75, 3.05) is 20.2 Å². The van der Waals surface area contributed by atoms with Crippen LogP contribution in [0.5, 0.6) is 5.88 Å². The zero-order valence-corrected chi connectivity index (χ0v) is 27.4. The summed E-state index contributed by atoms with van der Waals surface area (Å²) in [6.07, 6.45) is 6.70. The van der Waals surface area contributed by atoms with E-state index >= 15 is 0 Å². The van der Waals surface area contributed by atoms with Crippen LogP contribution in [0.1, 0.15) is 36.8 Å². The topological polar surface area (TPSA) is 124 Å². The number of aromatic nitrogens is 3. The van der Waals surface area contributed by atoms with Crippen LogP contribution >= 0.6 is 23.2 Å². The summed E-state index contributed by atoms with van der Waals surface area (Å²) in [7, 11) is 1.63. The smallest absolute Gasteiger partial charge is 0.262 e. The molecule has 9 nitrogen and oxygen atoms in total. The van der Waals surface area contributed by atoms with Crippen LogP contribution in [-0.4, -0.2) is 46.5 Å². The third-order valence-electron chi connectivity index (χ3n) is 9.32. The number of carbonyl (C=O) groups excluding carboxylic acids is 1. The van der Waals surface area contributed by atoms with Gasteiger partial charge < -0.3 is 21.1 Å². The maximum atomic E-state index is 13.2. The van der Waals surface area contributed by atoms with Crippen molar-refractivity contribution in [1.82, 2.24) is 25.0 Å². The first-order valence-corrected chi connectivity index (χ1v) is 16.4. The number of methoxy groups -OCH3 is 1. The molecule has 4 N–H and O–H groups in total. The number of nitrogens with one attached hydrogen (secondary N) is 2. The first-order chi connectivity index (χ1) is 22.8. The summed E-state index contributed by atoms with van der Waals surface area (Å²) in [5, 5.41) is 7.24. The molecule has 4 heterocycles. The first-order valence-electron chi connectivity index (χ1n) is 15.7. The largest absolute Gasteiger partial charge is 0.481 e. The van der Waals surface area contributed by atoms with Gasteiger partial charge in [0.1, 0.15) is 5.65 Å². The normalized spacial score (nSPS) is 16.8. The molecule has 1 atom stereocenters. The Bertz CT molecular complexity index is 2080. The van der Waals surface area contributed by atoms with Crippen molar-refractivity contribution in [2.45, 2.75) is 43.7 Å². The molecule has 1 saturated carbocycles. The van der Waals surface area contributed by atoms with E-state index in [2.05, 4.69) is 15.6 Å². The van der Waals surface area contributed by atoms with E-state index in [-0.39, 0.29) is 22.9 Å². The molecule has 7 rings (SSSR count). The molecule has 240 valence electrons. The minimum absolute atomic E-state index is 0.0574. The molecular weight excluding hydrogens is 635 g/mol. The van der Waals surface area contributed by atoms with Crippen LogP contribution in [0.25, 0.3) is 39.2 Å². The lowest BCUT2D eigenvalue weighted by atomic mass is 9.95. The zero-order chi connectivity index (χ0) is 32.7. The number of halogens is 2. The maximum absolute atomic E-state index is 13.2. The minimum Gasteiger partial charge on any atom is -0.481 e. The molecule has 0 bridgehead atoms. The van der Waals surface area contributed by atoms with E-state index in [0.29, 0.717) is 58.9 Å². The van der Waals surface area contributed by atoms with Gasteiger partial charge in [0.25, 0.3) is 5.56 Å². The second-order valence-electron chi connectivity index (χ2n) is 12.2. The van der Waals surface area contributed by atoms with E-state index in [1.54, 1.807) is 19.5 Å². The Morgan fingerprint density at radius 3 is 2.43 bits per heavy atom. The number of hydrogen-bond donors (Lipinski definition) is 3. The van der Waals surface area contributed by atoms with Crippen LogP contribution in [0.3, 0.4) is 0 Å². The van der Waals surface area contributed by atoms with Crippen LogP contribution < -0.4 is 26.7 Å². The monoisotopic (exact) mass is 668 g/mol. The highest BCUT2D eigenvalue weighted by molar-refractivity contribution is 6.39. The van der Waals surface area contributed by atoms with Crippen molar-refractivity contribution < 1.29 is 9.53 Å². The highest BCUT2D eigenvalue weighted by Crippen LogP contribution is 2.50. The van der Waals surface area contributed by atoms with Crippen molar-refractivity contribution in [3.05, 3.63) is 105 Å². The Hall–Kier alpha value is -4.28. The number of nitrogens with two attached hydrogens (primary N) is 1. The summed E-state index contributed by atoms with van der Waals surface area (Å²) >= 11 is 14.2. The Kier molecular flexibility index (Phi) is 8.48. The molecule has 2 fully saturated rings. The molecule has 1 aliphatic carbocycles. The number of nitrogens with zero attached hydrogens (tertiary/aromatic N) is 3. The van der Waals surface area contributed by atoms with Crippen LogP contribution in [0.15, 0.2) is 77.9 Å². The van der Waals surface area contributed by atoms with E-state index in [0.717, 1.165) is 52.6 Å². The zero-order valence-electron chi connectivity index (χ0n) is 25.9. The molecule has 0 radical (unpaired) electrons. The number of ether oxygens (including phenoxy) is 1. The molecule has 0 spiro atoms. The lowest BCUT2D eigenvalue weighted by molar-refractivity contribution is -0.119. The summed E-state index contributed by atoms with van der Waals surface area (Å²) in [5.41, 5.74) is 12.6. The molecule has 5 aromatic rings. The van der Waals surface area contributed by atoms with Gasteiger partial charge in [-0.05, 0) is 43.0 Å². The molecular formula is C36H34Cl2N6O3. The van der Waals surface area contributed by atoms with Crippen LogP contribution in [0.4, 0.5) is 0 Å². The van der Waals surface area contributed by atoms with Crippen LogP contribution in [0, 0.1) is 0 Å². The summed E-state index contributed by atoms with van der Waals surface area (Å²) in [5.74, 6) is 0.634. The molecule has 1 unspecified atom stereocenters. The first kappa shape index (κ1) is 31.3. The molecule has 47 heavy (non-hydrogen) atoms. The molecule has 11 heteroatoms. The predicted molar refractivity (Wildman–Crippen MR) is 185 cm³/mol. The van der Waals surface area contributed by atoms with Gasteiger partial charge in [0.2, 0.25) is 11.8 Å². The van der Waals surface area contributed by atoms with Crippen LogP contribution in [-0.2, 0) is 16.8 Å². The number of amides is 1. The number of fused-ring (bicyclic) bond motifs is 1. The number of pyridine rings is 2. The Labute approximate surface area is 282 Å². The van der Waals surface area contributed by atoms with Crippen molar-refractivity contribution in [1.29, 1.82) is 0 Å². The van der Waals surface area contributed by atoms with Gasteiger partial charge in [0, 0.05) is 83.3 Å². The number of rotatable bonds is 10. The Morgan fingerprint density at radius 2 is 1.74 bits per heavy atom. The Morgan fingerprint density at radius 1 is 1.02 bits per heavy atom. The van der Waals surface area contributed by atoms with Gasteiger partial charge in [0.15, 0.2) is 0 Å². The predicted octanol–water partition coefficient (Wildman–Crippen LogP) is 5.76. The number of benzene rings is 2. The summed E-state index contributed by atoms with van der Waals surface area (Å²) in [6.45, 7) is 1.51. The van der Waals surface area contributed by atoms with Gasteiger partial charge >= 0.3 is 0 Å². The maximum Gasteiger partial charge on any atom is 0.262 e. The fourth-order valence-electron chi connectivity index (χ4n) is 6.40. The molecule has 1 amide bonds. The average Bonchev–Trinajstić information content (AvgIpc) is 3.78. The van der Waals surface area contributed by atoms with E-state index < -0.39 is 0 Å². The fraction of sp³-hybridized carbons (Fsp3) is 0.278. The van der Waals surface area contributed by atoms with E-state index in [9.17, 15) is 9.59 Å². The summed E-state index contributed by atoms with van der Waals surface area (Å²) in [4.78, 5) is 34.1. The molecule has 2 aliphatic rings. The summed E-state index contributed by atoms with van der Waals surface area (Å²) in [6, 6.07) is 19.4.